The van der Waals surface area contributed by atoms with E-state index in [1.165, 1.54) is 0 Å². The van der Waals surface area contributed by atoms with Crippen LogP contribution in [0.25, 0.3) is 10.8 Å². The lowest BCUT2D eigenvalue weighted by Gasteiger charge is -2.40. The van der Waals surface area contributed by atoms with Gasteiger partial charge in [-0.2, -0.15) is 0 Å². The molecule has 0 bridgehead atoms. The summed E-state index contributed by atoms with van der Waals surface area (Å²) in [6, 6.07) is 9.06. The Labute approximate surface area is 155 Å². The minimum atomic E-state index is -1.56. The molecule has 1 aliphatic heterocycles. The molecule has 0 radical (unpaired) electrons. The molecule has 0 saturated carbocycles. The summed E-state index contributed by atoms with van der Waals surface area (Å²) in [6.45, 7) is 1.10. The molecule has 27 heavy (non-hydrogen) atoms. The fraction of sp³-hybridized carbons (Fsp3) is 0.421. The van der Waals surface area contributed by atoms with Gasteiger partial charge in [-0.1, -0.05) is 24.3 Å². The lowest BCUT2D eigenvalue weighted by atomic mass is 9.94. The lowest BCUT2D eigenvalue weighted by molar-refractivity contribution is -0.253. The SMILES string of the molecule is CC(C(=O)NC1C(O)OC(CO)C(O)C1O)c1ccc2cc(O)ccc2c1. The maximum atomic E-state index is 12.6. The highest BCUT2D eigenvalue weighted by Gasteiger charge is 2.44. The van der Waals surface area contributed by atoms with E-state index in [1.54, 1.807) is 37.3 Å². The third-order valence-electron chi connectivity index (χ3n) is 4.95. The van der Waals surface area contributed by atoms with Crippen molar-refractivity contribution in [3.63, 3.8) is 0 Å². The molecule has 1 amide bonds. The zero-order valence-corrected chi connectivity index (χ0v) is 14.7. The Balaban J connectivity index is 1.74. The second kappa shape index (κ2) is 7.79. The average molecular weight is 377 g/mol. The summed E-state index contributed by atoms with van der Waals surface area (Å²) in [5, 5.41) is 52.8. The largest absolute Gasteiger partial charge is 0.508 e. The van der Waals surface area contributed by atoms with Gasteiger partial charge in [-0.25, -0.2) is 0 Å². The number of rotatable bonds is 4. The van der Waals surface area contributed by atoms with Crippen molar-refractivity contribution in [3.8, 4) is 5.75 Å². The molecule has 146 valence electrons. The van der Waals surface area contributed by atoms with Gasteiger partial charge in [-0.05, 0) is 35.4 Å². The molecule has 1 heterocycles. The number of ether oxygens (including phenoxy) is 1. The van der Waals surface area contributed by atoms with E-state index in [0.717, 1.165) is 10.8 Å². The summed E-state index contributed by atoms with van der Waals surface area (Å²) >= 11 is 0. The van der Waals surface area contributed by atoms with Gasteiger partial charge in [0, 0.05) is 0 Å². The highest BCUT2D eigenvalue weighted by atomic mass is 16.6. The van der Waals surface area contributed by atoms with Crippen LogP contribution in [0, 0.1) is 0 Å². The van der Waals surface area contributed by atoms with Gasteiger partial charge in [-0.3, -0.25) is 4.79 Å². The van der Waals surface area contributed by atoms with Gasteiger partial charge in [0.25, 0.3) is 0 Å². The summed E-state index contributed by atoms with van der Waals surface area (Å²) in [5.41, 5.74) is 0.709. The fourth-order valence-corrected chi connectivity index (χ4v) is 3.21. The van der Waals surface area contributed by atoms with E-state index in [1.807, 2.05) is 6.07 Å². The molecule has 6 atom stereocenters. The number of hydrogen-bond acceptors (Lipinski definition) is 7. The number of carbonyl (C=O) groups is 1. The molecule has 1 saturated heterocycles. The van der Waals surface area contributed by atoms with Crippen LogP contribution in [0.2, 0.25) is 0 Å². The smallest absolute Gasteiger partial charge is 0.227 e. The minimum absolute atomic E-state index is 0.154. The first-order valence-corrected chi connectivity index (χ1v) is 8.65. The molecular formula is C19H23NO7. The molecule has 1 aliphatic rings. The molecule has 2 aromatic rings. The third kappa shape index (κ3) is 3.90. The number of amides is 1. The topological polar surface area (TPSA) is 139 Å². The fourth-order valence-electron chi connectivity index (χ4n) is 3.21. The summed E-state index contributed by atoms with van der Waals surface area (Å²) < 4.78 is 5.04. The van der Waals surface area contributed by atoms with Gasteiger partial charge in [0.2, 0.25) is 5.91 Å². The summed E-state index contributed by atoms with van der Waals surface area (Å²) in [7, 11) is 0. The van der Waals surface area contributed by atoms with Crippen LogP contribution in [0.5, 0.6) is 5.75 Å². The Morgan fingerprint density at radius 2 is 1.78 bits per heavy atom. The standard InChI is InChI=1S/C19H23NO7/c1-9(10-2-3-12-7-13(22)5-4-11(12)6-10)18(25)20-15-17(24)16(23)14(8-21)27-19(15)26/h2-7,9,14-17,19,21-24,26H,8H2,1H3,(H,20,25). The third-order valence-corrected chi connectivity index (χ3v) is 4.95. The van der Waals surface area contributed by atoms with Crippen LogP contribution in [0.4, 0.5) is 0 Å². The summed E-state index contributed by atoms with van der Waals surface area (Å²) in [6.07, 6.45) is -5.61. The molecule has 0 aliphatic carbocycles. The van der Waals surface area contributed by atoms with Gasteiger partial charge in [0.15, 0.2) is 6.29 Å². The maximum absolute atomic E-state index is 12.6. The van der Waals surface area contributed by atoms with Gasteiger partial charge < -0.3 is 35.6 Å². The highest BCUT2D eigenvalue weighted by molar-refractivity contribution is 5.88. The monoisotopic (exact) mass is 377 g/mol. The van der Waals surface area contributed by atoms with Gasteiger partial charge in [0.05, 0.1) is 12.5 Å². The summed E-state index contributed by atoms with van der Waals surface area (Å²) in [5.74, 6) is -0.911. The van der Waals surface area contributed by atoms with Crippen molar-refractivity contribution in [2.45, 2.75) is 43.5 Å². The molecule has 8 heteroatoms. The van der Waals surface area contributed by atoms with Crippen molar-refractivity contribution in [1.82, 2.24) is 5.32 Å². The molecule has 3 rings (SSSR count). The Morgan fingerprint density at radius 3 is 2.48 bits per heavy atom. The van der Waals surface area contributed by atoms with Crippen LogP contribution >= 0.6 is 0 Å². The Bertz CT molecular complexity index is 827. The number of phenolic OH excluding ortho intramolecular Hbond substituents is 1. The van der Waals surface area contributed by atoms with Crippen LogP contribution in [-0.2, 0) is 9.53 Å². The highest BCUT2D eigenvalue weighted by Crippen LogP contribution is 2.26. The number of hydrogen-bond donors (Lipinski definition) is 6. The van der Waals surface area contributed by atoms with Crippen molar-refractivity contribution in [2.24, 2.45) is 0 Å². The molecule has 6 unspecified atom stereocenters. The van der Waals surface area contributed by atoms with Gasteiger partial charge in [-0.15, -0.1) is 0 Å². The molecule has 2 aromatic carbocycles. The van der Waals surface area contributed by atoms with E-state index in [0.29, 0.717) is 5.56 Å². The Kier molecular flexibility index (Phi) is 5.64. The van der Waals surface area contributed by atoms with E-state index >= 15 is 0 Å². The van der Waals surface area contributed by atoms with E-state index in [2.05, 4.69) is 5.32 Å². The van der Waals surface area contributed by atoms with Crippen molar-refractivity contribution in [1.29, 1.82) is 0 Å². The molecule has 0 spiro atoms. The number of aliphatic hydroxyl groups is 4. The molecule has 0 aromatic heterocycles. The first-order valence-electron chi connectivity index (χ1n) is 8.65. The van der Waals surface area contributed by atoms with Crippen LogP contribution in [0.1, 0.15) is 18.4 Å². The van der Waals surface area contributed by atoms with Crippen molar-refractivity contribution < 1.29 is 35.1 Å². The first kappa shape index (κ1) is 19.5. The molecular weight excluding hydrogens is 354 g/mol. The second-order valence-electron chi connectivity index (χ2n) is 6.78. The predicted molar refractivity (Wildman–Crippen MR) is 95.9 cm³/mol. The molecule has 1 fully saturated rings. The van der Waals surface area contributed by atoms with Gasteiger partial charge >= 0.3 is 0 Å². The molecule has 8 nitrogen and oxygen atoms in total. The zero-order chi connectivity index (χ0) is 19.7. The number of benzene rings is 2. The number of phenols is 1. The quantitative estimate of drug-likeness (QED) is 0.425. The van der Waals surface area contributed by atoms with E-state index in [9.17, 15) is 25.2 Å². The number of carbonyl (C=O) groups excluding carboxylic acids is 1. The summed E-state index contributed by atoms with van der Waals surface area (Å²) in [4.78, 5) is 12.6. The minimum Gasteiger partial charge on any atom is -0.508 e. The normalized spacial score (nSPS) is 29.4. The van der Waals surface area contributed by atoms with Crippen LogP contribution in [0.15, 0.2) is 36.4 Å². The van der Waals surface area contributed by atoms with Crippen molar-refractivity contribution in [3.05, 3.63) is 42.0 Å². The predicted octanol–water partition coefficient (Wildman–Crippen LogP) is -0.435. The van der Waals surface area contributed by atoms with Crippen molar-refractivity contribution >= 4 is 16.7 Å². The average Bonchev–Trinajstić information content (AvgIpc) is 2.66. The van der Waals surface area contributed by atoms with E-state index in [4.69, 9.17) is 9.84 Å². The number of nitrogens with one attached hydrogen (secondary N) is 1. The van der Waals surface area contributed by atoms with Crippen LogP contribution in [0.3, 0.4) is 0 Å². The number of aliphatic hydroxyl groups excluding tert-OH is 4. The Hall–Kier alpha value is -2.23. The molecule has 6 N–H and O–H groups in total. The van der Waals surface area contributed by atoms with E-state index in [-0.39, 0.29) is 5.75 Å². The van der Waals surface area contributed by atoms with Crippen LogP contribution in [-0.4, -0.2) is 68.7 Å². The first-order chi connectivity index (χ1) is 12.8. The maximum Gasteiger partial charge on any atom is 0.227 e. The van der Waals surface area contributed by atoms with Gasteiger partial charge in [0.1, 0.15) is 30.1 Å². The number of aromatic hydroxyl groups is 1. The zero-order valence-electron chi connectivity index (χ0n) is 14.7. The number of fused-ring (bicyclic) bond motifs is 1. The Morgan fingerprint density at radius 1 is 1.11 bits per heavy atom. The van der Waals surface area contributed by atoms with E-state index < -0.39 is 49.1 Å². The van der Waals surface area contributed by atoms with Crippen molar-refractivity contribution in [2.75, 3.05) is 6.61 Å². The van der Waals surface area contributed by atoms with Crippen LogP contribution < -0.4 is 5.32 Å². The second-order valence-corrected chi connectivity index (χ2v) is 6.78. The lowest BCUT2D eigenvalue weighted by Crippen LogP contribution is -2.64.